The Bertz CT molecular complexity index is 594. The minimum atomic E-state index is 0.0346. The van der Waals surface area contributed by atoms with Crippen LogP contribution in [0.15, 0.2) is 18.2 Å². The van der Waals surface area contributed by atoms with E-state index in [1.165, 1.54) is 27.9 Å². The average molecular weight is 257 g/mol. The molecule has 2 aromatic rings. The second-order valence-electron chi connectivity index (χ2n) is 5.46. The summed E-state index contributed by atoms with van der Waals surface area (Å²) >= 11 is 0. The van der Waals surface area contributed by atoms with Gasteiger partial charge in [-0.05, 0) is 45.7 Å². The lowest BCUT2D eigenvalue weighted by atomic mass is 10.1. The molecule has 0 amide bonds. The largest absolute Gasteiger partial charge is 0.324 e. The van der Waals surface area contributed by atoms with Gasteiger partial charge in [-0.2, -0.15) is 5.10 Å². The Morgan fingerprint density at radius 3 is 2.47 bits per heavy atom. The van der Waals surface area contributed by atoms with Crippen molar-refractivity contribution in [3.05, 3.63) is 51.8 Å². The zero-order chi connectivity index (χ0) is 14.2. The third-order valence-electron chi connectivity index (χ3n) is 3.72. The summed E-state index contributed by atoms with van der Waals surface area (Å²) in [5.74, 6) is 0. The van der Waals surface area contributed by atoms with Gasteiger partial charge >= 0.3 is 0 Å². The van der Waals surface area contributed by atoms with Crippen molar-refractivity contribution in [3.63, 3.8) is 0 Å². The SMILES string of the molecule is Cc1ccc(C)c(Cn2nc(C)c(C(C)N)c2C)c1. The maximum atomic E-state index is 6.02. The first-order valence-corrected chi connectivity index (χ1v) is 6.75. The van der Waals surface area contributed by atoms with Crippen molar-refractivity contribution in [1.29, 1.82) is 0 Å². The second kappa shape index (κ2) is 5.17. The molecule has 19 heavy (non-hydrogen) atoms. The van der Waals surface area contributed by atoms with E-state index in [0.717, 1.165) is 12.2 Å². The standard InChI is InChI=1S/C16H23N3/c1-10-6-7-11(2)15(8-10)9-19-14(5)16(12(3)17)13(4)18-19/h6-8,12H,9,17H2,1-5H3. The Hall–Kier alpha value is -1.61. The van der Waals surface area contributed by atoms with Gasteiger partial charge in [0.25, 0.3) is 0 Å². The van der Waals surface area contributed by atoms with Gasteiger partial charge in [0.05, 0.1) is 12.2 Å². The highest BCUT2D eigenvalue weighted by Gasteiger charge is 2.15. The summed E-state index contributed by atoms with van der Waals surface area (Å²) in [7, 11) is 0. The third-order valence-corrected chi connectivity index (χ3v) is 3.72. The molecule has 0 bridgehead atoms. The molecule has 0 saturated carbocycles. The minimum absolute atomic E-state index is 0.0346. The molecule has 102 valence electrons. The van der Waals surface area contributed by atoms with Crippen molar-refractivity contribution in [2.45, 2.75) is 47.2 Å². The fourth-order valence-corrected chi connectivity index (χ4v) is 2.66. The van der Waals surface area contributed by atoms with Crippen LogP contribution in [0.4, 0.5) is 0 Å². The molecule has 1 unspecified atom stereocenters. The van der Waals surface area contributed by atoms with Gasteiger partial charge < -0.3 is 5.73 Å². The Kier molecular flexibility index (Phi) is 3.76. The fourth-order valence-electron chi connectivity index (χ4n) is 2.66. The Morgan fingerprint density at radius 1 is 1.21 bits per heavy atom. The van der Waals surface area contributed by atoms with Crippen molar-refractivity contribution in [2.75, 3.05) is 0 Å². The zero-order valence-electron chi connectivity index (χ0n) is 12.5. The van der Waals surface area contributed by atoms with E-state index in [0.29, 0.717) is 0 Å². The summed E-state index contributed by atoms with van der Waals surface area (Å²) in [6, 6.07) is 6.58. The van der Waals surface area contributed by atoms with Crippen LogP contribution in [0.3, 0.4) is 0 Å². The highest BCUT2D eigenvalue weighted by molar-refractivity contribution is 5.32. The molecule has 2 N–H and O–H groups in total. The van der Waals surface area contributed by atoms with Crippen LogP contribution in [0.1, 0.15) is 46.6 Å². The fraction of sp³-hybridized carbons (Fsp3) is 0.438. The first kappa shape index (κ1) is 13.8. The Morgan fingerprint density at radius 2 is 1.89 bits per heavy atom. The van der Waals surface area contributed by atoms with Gasteiger partial charge in [-0.1, -0.05) is 23.8 Å². The molecule has 3 heteroatoms. The molecule has 1 heterocycles. The molecule has 3 nitrogen and oxygen atoms in total. The molecule has 0 fully saturated rings. The maximum Gasteiger partial charge on any atom is 0.0665 e. The van der Waals surface area contributed by atoms with Crippen LogP contribution >= 0.6 is 0 Å². The summed E-state index contributed by atoms with van der Waals surface area (Å²) in [5.41, 5.74) is 13.3. The van der Waals surface area contributed by atoms with Crippen molar-refractivity contribution in [2.24, 2.45) is 5.73 Å². The van der Waals surface area contributed by atoms with Gasteiger partial charge in [-0.25, -0.2) is 0 Å². The van der Waals surface area contributed by atoms with Crippen molar-refractivity contribution >= 4 is 0 Å². The van der Waals surface area contributed by atoms with E-state index in [9.17, 15) is 0 Å². The van der Waals surface area contributed by atoms with Gasteiger partial charge in [-0.15, -0.1) is 0 Å². The summed E-state index contributed by atoms with van der Waals surface area (Å²) in [6.45, 7) is 11.2. The molecule has 1 atom stereocenters. The lowest BCUT2D eigenvalue weighted by Crippen LogP contribution is -2.09. The summed E-state index contributed by atoms with van der Waals surface area (Å²) in [6.07, 6.45) is 0. The Balaban J connectivity index is 2.39. The summed E-state index contributed by atoms with van der Waals surface area (Å²) in [5, 5.41) is 4.63. The first-order chi connectivity index (χ1) is 8.90. The van der Waals surface area contributed by atoms with Crippen LogP contribution in [-0.4, -0.2) is 9.78 Å². The number of aromatic nitrogens is 2. The van der Waals surface area contributed by atoms with Crippen LogP contribution in [0.5, 0.6) is 0 Å². The minimum Gasteiger partial charge on any atom is -0.324 e. The molecular formula is C16H23N3. The van der Waals surface area contributed by atoms with Gasteiger partial charge in [0.1, 0.15) is 0 Å². The molecule has 0 aliphatic heterocycles. The van der Waals surface area contributed by atoms with Crippen LogP contribution in [0.2, 0.25) is 0 Å². The van der Waals surface area contributed by atoms with Crippen LogP contribution < -0.4 is 5.73 Å². The smallest absolute Gasteiger partial charge is 0.0665 e. The quantitative estimate of drug-likeness (QED) is 0.917. The van der Waals surface area contributed by atoms with E-state index < -0.39 is 0 Å². The Labute approximate surface area is 115 Å². The molecule has 0 spiro atoms. The van der Waals surface area contributed by atoms with Gasteiger partial charge in [-0.3, -0.25) is 4.68 Å². The highest BCUT2D eigenvalue weighted by Crippen LogP contribution is 2.21. The van der Waals surface area contributed by atoms with Crippen molar-refractivity contribution in [3.8, 4) is 0 Å². The second-order valence-corrected chi connectivity index (χ2v) is 5.46. The maximum absolute atomic E-state index is 6.02. The topological polar surface area (TPSA) is 43.8 Å². The van der Waals surface area contributed by atoms with Crippen molar-refractivity contribution < 1.29 is 0 Å². The van der Waals surface area contributed by atoms with Crippen LogP contribution in [-0.2, 0) is 6.54 Å². The molecule has 0 aliphatic carbocycles. The predicted molar refractivity (Wildman–Crippen MR) is 79.3 cm³/mol. The summed E-state index contributed by atoms with van der Waals surface area (Å²) < 4.78 is 2.07. The third kappa shape index (κ3) is 2.71. The molecule has 1 aromatic heterocycles. The van der Waals surface area contributed by atoms with E-state index in [1.54, 1.807) is 0 Å². The van der Waals surface area contributed by atoms with E-state index >= 15 is 0 Å². The number of aryl methyl sites for hydroxylation is 3. The predicted octanol–water partition coefficient (Wildman–Crippen LogP) is 3.18. The van der Waals surface area contributed by atoms with Gasteiger partial charge in [0, 0.05) is 17.3 Å². The monoisotopic (exact) mass is 257 g/mol. The average Bonchev–Trinajstić information content (AvgIpc) is 2.59. The van der Waals surface area contributed by atoms with E-state index in [4.69, 9.17) is 5.73 Å². The van der Waals surface area contributed by atoms with Crippen LogP contribution in [0.25, 0.3) is 0 Å². The van der Waals surface area contributed by atoms with E-state index in [-0.39, 0.29) is 6.04 Å². The number of nitrogens with zero attached hydrogens (tertiary/aromatic N) is 2. The highest BCUT2D eigenvalue weighted by atomic mass is 15.3. The molecule has 2 rings (SSSR count). The lowest BCUT2D eigenvalue weighted by Gasteiger charge is -2.10. The summed E-state index contributed by atoms with van der Waals surface area (Å²) in [4.78, 5) is 0. The number of hydrogen-bond acceptors (Lipinski definition) is 2. The molecular weight excluding hydrogens is 234 g/mol. The van der Waals surface area contributed by atoms with Crippen LogP contribution in [0, 0.1) is 27.7 Å². The molecule has 0 radical (unpaired) electrons. The molecule has 1 aromatic carbocycles. The molecule has 0 saturated heterocycles. The number of nitrogens with two attached hydrogens (primary N) is 1. The number of hydrogen-bond donors (Lipinski definition) is 1. The van der Waals surface area contributed by atoms with Gasteiger partial charge in [0.2, 0.25) is 0 Å². The van der Waals surface area contributed by atoms with E-state index in [1.807, 2.05) is 13.8 Å². The number of benzene rings is 1. The van der Waals surface area contributed by atoms with Crippen molar-refractivity contribution in [1.82, 2.24) is 9.78 Å². The molecule has 0 aliphatic rings. The number of rotatable bonds is 3. The zero-order valence-corrected chi connectivity index (χ0v) is 12.5. The van der Waals surface area contributed by atoms with Gasteiger partial charge in [0.15, 0.2) is 0 Å². The van der Waals surface area contributed by atoms with E-state index in [2.05, 4.69) is 48.8 Å². The lowest BCUT2D eigenvalue weighted by molar-refractivity contribution is 0.653. The normalized spacial score (nSPS) is 12.7. The first-order valence-electron chi connectivity index (χ1n) is 6.75.